The minimum Gasteiger partial charge on any atom is -0.324 e. The maximum Gasteiger partial charge on any atom is 0.243 e. The van der Waals surface area contributed by atoms with Gasteiger partial charge in [0.05, 0.1) is 38.7 Å². The highest BCUT2D eigenvalue weighted by molar-refractivity contribution is 8.04. The number of amides is 2. The first-order valence-corrected chi connectivity index (χ1v) is 9.15. The zero-order chi connectivity index (χ0) is 20.4. The standard InChI is InChI=1S/C18H16ClFN4O2S/c1-9(15(25)23-14-5-4-10(20)6-13(14)19)27-17-12(8-22)18(2,3)11(7-21)16(26)24-17/h4-6,9,11H,1-3H3,(H,23,25)(H,24,26)/t9-,11+/m0/s1. The molecule has 1 aromatic rings. The molecule has 0 aromatic heterocycles. The molecule has 2 rings (SSSR count). The summed E-state index contributed by atoms with van der Waals surface area (Å²) in [5.74, 6) is -2.48. The molecule has 9 heteroatoms. The Labute approximate surface area is 165 Å². The van der Waals surface area contributed by atoms with E-state index in [9.17, 15) is 24.5 Å². The summed E-state index contributed by atoms with van der Waals surface area (Å²) in [5, 5.41) is 23.5. The highest BCUT2D eigenvalue weighted by atomic mass is 35.5. The molecule has 0 fully saturated rings. The van der Waals surface area contributed by atoms with E-state index in [1.165, 1.54) is 12.1 Å². The number of nitrogens with zero attached hydrogens (tertiary/aromatic N) is 2. The van der Waals surface area contributed by atoms with Crippen molar-refractivity contribution in [1.82, 2.24) is 5.32 Å². The number of carbonyl (C=O) groups is 2. The predicted molar refractivity (Wildman–Crippen MR) is 101 cm³/mol. The predicted octanol–water partition coefficient (Wildman–Crippen LogP) is 3.57. The quantitative estimate of drug-likeness (QED) is 0.795. The van der Waals surface area contributed by atoms with Crippen molar-refractivity contribution in [2.24, 2.45) is 11.3 Å². The van der Waals surface area contributed by atoms with Crippen LogP contribution in [0.4, 0.5) is 10.1 Å². The van der Waals surface area contributed by atoms with E-state index in [0.717, 1.165) is 17.8 Å². The summed E-state index contributed by atoms with van der Waals surface area (Å²) in [5.41, 5.74) is -0.495. The van der Waals surface area contributed by atoms with E-state index in [1.807, 2.05) is 12.1 Å². The number of hydrogen-bond donors (Lipinski definition) is 2. The maximum absolute atomic E-state index is 13.1. The average molecular weight is 407 g/mol. The molecule has 6 nitrogen and oxygen atoms in total. The Morgan fingerprint density at radius 3 is 2.67 bits per heavy atom. The third-order valence-electron chi connectivity index (χ3n) is 4.19. The number of rotatable bonds is 4. The van der Waals surface area contributed by atoms with Gasteiger partial charge in [0.25, 0.3) is 0 Å². The summed E-state index contributed by atoms with van der Waals surface area (Å²) in [7, 11) is 0. The Morgan fingerprint density at radius 2 is 2.11 bits per heavy atom. The van der Waals surface area contributed by atoms with Gasteiger partial charge in [0.15, 0.2) is 0 Å². The Kier molecular flexibility index (Phi) is 6.15. The van der Waals surface area contributed by atoms with Crippen LogP contribution in [-0.2, 0) is 9.59 Å². The van der Waals surface area contributed by atoms with Gasteiger partial charge in [-0.3, -0.25) is 9.59 Å². The van der Waals surface area contributed by atoms with Crippen molar-refractivity contribution < 1.29 is 14.0 Å². The van der Waals surface area contributed by atoms with Gasteiger partial charge in [-0.1, -0.05) is 37.2 Å². The first-order chi connectivity index (χ1) is 12.6. The summed E-state index contributed by atoms with van der Waals surface area (Å²) in [6, 6.07) is 7.55. The van der Waals surface area contributed by atoms with E-state index in [1.54, 1.807) is 20.8 Å². The van der Waals surface area contributed by atoms with Crippen LogP contribution in [-0.4, -0.2) is 17.1 Å². The number of nitriles is 2. The van der Waals surface area contributed by atoms with Crippen molar-refractivity contribution in [3.63, 3.8) is 0 Å². The maximum atomic E-state index is 13.1. The normalized spacial score (nSPS) is 19.5. The zero-order valence-corrected chi connectivity index (χ0v) is 16.3. The van der Waals surface area contributed by atoms with Crippen LogP contribution in [0, 0.1) is 39.8 Å². The fourth-order valence-corrected chi connectivity index (χ4v) is 3.89. The van der Waals surface area contributed by atoms with Gasteiger partial charge in [-0.05, 0) is 25.1 Å². The van der Waals surface area contributed by atoms with Crippen LogP contribution >= 0.6 is 23.4 Å². The SMILES string of the molecule is C[C@H](SC1=C(C#N)C(C)(C)[C@H](C#N)C(=O)N1)C(=O)Nc1ccc(F)cc1Cl. The summed E-state index contributed by atoms with van der Waals surface area (Å²) in [4.78, 5) is 24.6. The number of hydrogen-bond acceptors (Lipinski definition) is 5. The molecule has 1 aliphatic heterocycles. The van der Waals surface area contributed by atoms with Crippen LogP contribution in [0.2, 0.25) is 5.02 Å². The van der Waals surface area contributed by atoms with Crippen LogP contribution in [0.1, 0.15) is 20.8 Å². The minimum absolute atomic E-state index is 0.0569. The molecule has 1 aromatic carbocycles. The molecule has 0 bridgehead atoms. The van der Waals surface area contributed by atoms with Gasteiger partial charge in [-0.15, -0.1) is 0 Å². The zero-order valence-electron chi connectivity index (χ0n) is 14.8. The van der Waals surface area contributed by atoms with Crippen molar-refractivity contribution in [2.75, 3.05) is 5.32 Å². The van der Waals surface area contributed by atoms with Crippen LogP contribution in [0.25, 0.3) is 0 Å². The smallest absolute Gasteiger partial charge is 0.243 e. The molecule has 27 heavy (non-hydrogen) atoms. The van der Waals surface area contributed by atoms with Crippen molar-refractivity contribution in [3.05, 3.63) is 39.6 Å². The molecule has 0 saturated carbocycles. The summed E-state index contributed by atoms with van der Waals surface area (Å²) in [6.45, 7) is 4.87. The van der Waals surface area contributed by atoms with Gasteiger partial charge in [-0.25, -0.2) is 4.39 Å². The highest BCUT2D eigenvalue weighted by Crippen LogP contribution is 2.42. The van der Waals surface area contributed by atoms with Gasteiger partial charge in [-0.2, -0.15) is 10.5 Å². The van der Waals surface area contributed by atoms with Crippen molar-refractivity contribution >= 4 is 40.9 Å². The highest BCUT2D eigenvalue weighted by Gasteiger charge is 2.45. The van der Waals surface area contributed by atoms with Crippen molar-refractivity contribution in [2.45, 2.75) is 26.0 Å². The van der Waals surface area contributed by atoms with Gasteiger partial charge in [0.2, 0.25) is 11.8 Å². The molecule has 1 aliphatic rings. The third kappa shape index (κ3) is 4.24. The monoisotopic (exact) mass is 406 g/mol. The number of halogens is 2. The molecule has 2 amide bonds. The van der Waals surface area contributed by atoms with E-state index >= 15 is 0 Å². The van der Waals surface area contributed by atoms with Gasteiger partial charge < -0.3 is 10.6 Å². The Hall–Kier alpha value is -2.55. The molecular weight excluding hydrogens is 391 g/mol. The van der Waals surface area contributed by atoms with Crippen LogP contribution in [0.15, 0.2) is 28.8 Å². The largest absolute Gasteiger partial charge is 0.324 e. The third-order valence-corrected chi connectivity index (χ3v) is 5.61. The van der Waals surface area contributed by atoms with E-state index < -0.39 is 34.2 Å². The number of carbonyl (C=O) groups excluding carboxylic acids is 2. The first kappa shape index (κ1) is 20.8. The fourth-order valence-electron chi connectivity index (χ4n) is 2.57. The molecule has 0 saturated heterocycles. The molecule has 2 atom stereocenters. The average Bonchev–Trinajstić information content (AvgIpc) is 2.56. The van der Waals surface area contributed by atoms with E-state index in [4.69, 9.17) is 11.6 Å². The van der Waals surface area contributed by atoms with E-state index in [0.29, 0.717) is 0 Å². The number of thioether (sulfide) groups is 1. The Balaban J connectivity index is 2.23. The van der Waals surface area contributed by atoms with Gasteiger partial charge in [0, 0.05) is 5.41 Å². The lowest BCUT2D eigenvalue weighted by Gasteiger charge is -2.35. The summed E-state index contributed by atoms with van der Waals surface area (Å²) < 4.78 is 13.1. The van der Waals surface area contributed by atoms with Gasteiger partial charge in [0.1, 0.15) is 11.7 Å². The second-order valence-electron chi connectivity index (χ2n) is 6.46. The lowest BCUT2D eigenvalue weighted by molar-refractivity contribution is -0.125. The fraction of sp³-hybridized carbons (Fsp3) is 0.333. The molecule has 0 unspecified atom stereocenters. The second kappa shape index (κ2) is 7.99. The van der Waals surface area contributed by atoms with Crippen LogP contribution in [0.3, 0.4) is 0 Å². The number of anilines is 1. The summed E-state index contributed by atoms with van der Waals surface area (Å²) >= 11 is 6.90. The number of nitrogens with one attached hydrogen (secondary N) is 2. The molecule has 0 spiro atoms. The molecule has 0 radical (unpaired) electrons. The molecule has 0 aliphatic carbocycles. The minimum atomic E-state index is -1.00. The molecular formula is C18H16ClFN4O2S. The van der Waals surface area contributed by atoms with Gasteiger partial charge >= 0.3 is 0 Å². The Morgan fingerprint density at radius 1 is 1.44 bits per heavy atom. The number of allylic oxidation sites excluding steroid dienone is 1. The molecule has 140 valence electrons. The molecule has 2 N–H and O–H groups in total. The van der Waals surface area contributed by atoms with Crippen molar-refractivity contribution in [3.8, 4) is 12.1 Å². The first-order valence-electron chi connectivity index (χ1n) is 7.89. The second-order valence-corrected chi connectivity index (χ2v) is 8.22. The molecule has 1 heterocycles. The summed E-state index contributed by atoms with van der Waals surface area (Å²) in [6.07, 6.45) is 0. The lowest BCUT2D eigenvalue weighted by atomic mass is 9.72. The van der Waals surface area contributed by atoms with Crippen molar-refractivity contribution in [1.29, 1.82) is 10.5 Å². The van der Waals surface area contributed by atoms with Crippen LogP contribution in [0.5, 0.6) is 0 Å². The lowest BCUT2D eigenvalue weighted by Crippen LogP contribution is -2.45. The van der Waals surface area contributed by atoms with E-state index in [-0.39, 0.29) is 21.3 Å². The topological polar surface area (TPSA) is 106 Å². The van der Waals surface area contributed by atoms with Crippen LogP contribution < -0.4 is 10.6 Å². The Bertz CT molecular complexity index is 917. The van der Waals surface area contributed by atoms with E-state index in [2.05, 4.69) is 10.6 Å². The number of benzene rings is 1.